The molecule has 1 aliphatic heterocycles. The molecule has 0 saturated carbocycles. The number of carbonyl (C=O) groups is 1. The van der Waals surface area contributed by atoms with Crippen LogP contribution in [0, 0.1) is 5.41 Å². The molecule has 114 valence electrons. The molecular weight excluding hydrogens is 308 g/mol. The lowest BCUT2D eigenvalue weighted by Gasteiger charge is -2.24. The van der Waals surface area contributed by atoms with Gasteiger partial charge in [0.1, 0.15) is 0 Å². The van der Waals surface area contributed by atoms with Crippen molar-refractivity contribution in [3.63, 3.8) is 0 Å². The van der Waals surface area contributed by atoms with Gasteiger partial charge in [0, 0.05) is 11.8 Å². The van der Waals surface area contributed by atoms with Crippen LogP contribution in [0.2, 0.25) is 0 Å². The van der Waals surface area contributed by atoms with Crippen LogP contribution in [-0.4, -0.2) is 46.2 Å². The number of carboxylic acids is 1. The molecule has 0 spiro atoms. The van der Waals surface area contributed by atoms with Crippen LogP contribution < -0.4 is 0 Å². The summed E-state index contributed by atoms with van der Waals surface area (Å²) < 4.78 is 0. The molecule has 4 N–H and O–H groups in total. The molecule has 0 bridgehead atoms. The number of rotatable bonds is 5. The van der Waals surface area contributed by atoms with E-state index in [2.05, 4.69) is 10.8 Å². The van der Waals surface area contributed by atoms with E-state index in [0.717, 1.165) is 0 Å². The quantitative estimate of drug-likeness (QED) is 0.570. The Morgan fingerprint density at radius 1 is 1.05 bits per heavy atom. The van der Waals surface area contributed by atoms with Gasteiger partial charge in [0.15, 0.2) is 0 Å². The highest BCUT2D eigenvalue weighted by molar-refractivity contribution is 9.11. The molecule has 0 aromatic carbocycles. The van der Waals surface area contributed by atoms with Crippen molar-refractivity contribution >= 4 is 37.4 Å². The van der Waals surface area contributed by atoms with Crippen LogP contribution in [0.25, 0.3) is 0 Å². The van der Waals surface area contributed by atoms with Gasteiger partial charge in [-0.2, -0.15) is 0 Å². The maximum atomic E-state index is 9.37. The predicted molar refractivity (Wildman–Crippen MR) is 83.8 cm³/mol. The smallest absolute Gasteiger partial charge is 0.303 e. The van der Waals surface area contributed by atoms with E-state index in [1.807, 2.05) is 6.92 Å². The van der Waals surface area contributed by atoms with Gasteiger partial charge in [-0.05, 0) is 27.1 Å². The lowest BCUT2D eigenvalue weighted by molar-refractivity contribution is -0.136. The zero-order valence-electron chi connectivity index (χ0n) is 11.1. The van der Waals surface area contributed by atoms with Crippen LogP contribution in [0.15, 0.2) is 10.8 Å². The van der Waals surface area contributed by atoms with Crippen LogP contribution in [-0.2, 0) is 4.79 Å². The lowest BCUT2D eigenvalue weighted by atomic mass is 9.88. The molecule has 8 heteroatoms. The van der Waals surface area contributed by atoms with Crippen molar-refractivity contribution < 1.29 is 25.2 Å². The highest BCUT2D eigenvalue weighted by Gasteiger charge is 2.24. The molecule has 0 aromatic heterocycles. The van der Waals surface area contributed by atoms with E-state index in [-0.39, 0.29) is 26.2 Å². The Bertz CT molecular complexity index is 221. The largest absolute Gasteiger partial charge is 0.481 e. The number of hydrogen-bond acceptors (Lipinski definition) is 7. The second-order valence-corrected chi connectivity index (χ2v) is 7.46. The second kappa shape index (κ2) is 14.5. The van der Waals surface area contributed by atoms with Crippen LogP contribution >= 0.6 is 31.4 Å². The molecule has 0 atom stereocenters. The Labute approximate surface area is 125 Å². The number of hydrogen-bond donors (Lipinski definition) is 4. The summed E-state index contributed by atoms with van der Waals surface area (Å²) in [5, 5.41) is 37.8. The van der Waals surface area contributed by atoms with Crippen molar-refractivity contribution in [3.8, 4) is 0 Å². The van der Waals surface area contributed by atoms with Crippen LogP contribution in [0.4, 0.5) is 0 Å². The molecule has 0 unspecified atom stereocenters. The van der Waals surface area contributed by atoms with Crippen molar-refractivity contribution in [3.05, 3.63) is 10.8 Å². The van der Waals surface area contributed by atoms with Gasteiger partial charge in [-0.15, -0.1) is 0 Å². The molecule has 1 heterocycles. The van der Waals surface area contributed by atoms with Gasteiger partial charge in [-0.1, -0.05) is 35.4 Å². The molecule has 0 aromatic rings. The van der Waals surface area contributed by atoms with Gasteiger partial charge in [-0.25, -0.2) is 0 Å². The van der Waals surface area contributed by atoms with Gasteiger partial charge < -0.3 is 20.4 Å². The Morgan fingerprint density at radius 2 is 1.42 bits per heavy atom. The van der Waals surface area contributed by atoms with Crippen LogP contribution in [0.3, 0.4) is 0 Å². The predicted octanol–water partition coefficient (Wildman–Crippen LogP) is 2.34. The van der Waals surface area contributed by atoms with E-state index in [1.165, 1.54) is 0 Å². The third-order valence-electron chi connectivity index (χ3n) is 2.30. The summed E-state index contributed by atoms with van der Waals surface area (Å²) in [5.41, 5.74) is -0.667. The minimum absolute atomic E-state index is 0.156. The van der Waals surface area contributed by atoms with Gasteiger partial charge in [0.2, 0.25) is 0 Å². The maximum Gasteiger partial charge on any atom is 0.303 e. The first-order valence-corrected chi connectivity index (χ1v) is 9.31. The Hall–Kier alpha value is 0.140. The fraction of sp³-hybridized carbons (Fsp3) is 0.727. The number of aliphatic carboxylic acids is 1. The number of aliphatic hydroxyl groups is 3. The molecule has 5 nitrogen and oxygen atoms in total. The fourth-order valence-electron chi connectivity index (χ4n) is 0.599. The third kappa shape index (κ3) is 12.9. The fourth-order valence-corrected chi connectivity index (χ4v) is 3.55. The standard InChI is InChI=1S/C6H14O3.C3H6O2.C2H2S3/c1-2-6(3-7,4-8)5-9;1-2-3(4)5;1-2-4-5-3-1/h7-9H,2-5H2,1H3;2H2,1H3,(H,4,5);1-2H. The average molecular weight is 330 g/mol. The van der Waals surface area contributed by atoms with Crippen molar-refractivity contribution in [2.45, 2.75) is 26.7 Å². The Morgan fingerprint density at radius 3 is 1.47 bits per heavy atom. The minimum Gasteiger partial charge on any atom is -0.481 e. The van der Waals surface area contributed by atoms with E-state index in [1.54, 1.807) is 38.3 Å². The van der Waals surface area contributed by atoms with E-state index in [0.29, 0.717) is 6.42 Å². The van der Waals surface area contributed by atoms with Crippen molar-refractivity contribution in [2.75, 3.05) is 19.8 Å². The monoisotopic (exact) mass is 330 g/mol. The zero-order valence-corrected chi connectivity index (χ0v) is 13.6. The number of carboxylic acid groups (broad SMARTS) is 1. The Kier molecular flexibility index (Phi) is 16.4. The molecule has 0 fully saturated rings. The molecule has 1 rings (SSSR count). The van der Waals surface area contributed by atoms with E-state index in [4.69, 9.17) is 20.4 Å². The summed E-state index contributed by atoms with van der Waals surface area (Å²) in [6.07, 6.45) is 0.816. The molecular formula is C11H22O5S3. The van der Waals surface area contributed by atoms with E-state index in [9.17, 15) is 4.79 Å². The van der Waals surface area contributed by atoms with Crippen molar-refractivity contribution in [1.82, 2.24) is 0 Å². The molecule has 0 aliphatic carbocycles. The first kappa shape index (κ1) is 21.4. The molecule has 0 amide bonds. The van der Waals surface area contributed by atoms with Crippen molar-refractivity contribution in [1.29, 1.82) is 0 Å². The summed E-state index contributed by atoms with van der Waals surface area (Å²) in [7, 11) is 5.34. The highest BCUT2D eigenvalue weighted by atomic mass is 33.5. The maximum absolute atomic E-state index is 9.37. The molecule has 19 heavy (non-hydrogen) atoms. The zero-order chi connectivity index (χ0) is 15.1. The molecule has 0 saturated heterocycles. The van der Waals surface area contributed by atoms with Gasteiger partial charge in [0.05, 0.1) is 19.8 Å². The average Bonchev–Trinajstić information content (AvgIpc) is 3.02. The van der Waals surface area contributed by atoms with Crippen LogP contribution in [0.5, 0.6) is 0 Å². The van der Waals surface area contributed by atoms with Gasteiger partial charge in [-0.3, -0.25) is 4.79 Å². The highest BCUT2D eigenvalue weighted by Crippen LogP contribution is 2.42. The first-order valence-electron chi connectivity index (χ1n) is 5.70. The van der Waals surface area contributed by atoms with Gasteiger partial charge in [0.25, 0.3) is 0 Å². The summed E-state index contributed by atoms with van der Waals surface area (Å²) in [6.45, 7) is 2.95. The minimum atomic E-state index is -0.745. The summed E-state index contributed by atoms with van der Waals surface area (Å²) in [5.74, 6) is -0.745. The molecule has 1 aliphatic rings. The van der Waals surface area contributed by atoms with E-state index < -0.39 is 11.4 Å². The van der Waals surface area contributed by atoms with Gasteiger partial charge >= 0.3 is 5.97 Å². The molecule has 0 radical (unpaired) electrons. The normalized spacial score (nSPS) is 13.1. The lowest BCUT2D eigenvalue weighted by Crippen LogP contribution is -2.32. The third-order valence-corrected chi connectivity index (χ3v) is 5.68. The van der Waals surface area contributed by atoms with Crippen LogP contribution in [0.1, 0.15) is 26.7 Å². The van der Waals surface area contributed by atoms with Crippen molar-refractivity contribution in [2.24, 2.45) is 5.41 Å². The van der Waals surface area contributed by atoms with E-state index >= 15 is 0 Å². The first-order chi connectivity index (χ1) is 9.01. The Balaban J connectivity index is 0. The summed E-state index contributed by atoms with van der Waals surface area (Å²) in [4.78, 5) is 9.37. The topological polar surface area (TPSA) is 98.0 Å². The summed E-state index contributed by atoms with van der Waals surface area (Å²) in [6, 6.07) is 0. The number of aliphatic hydroxyl groups excluding tert-OH is 3. The summed E-state index contributed by atoms with van der Waals surface area (Å²) >= 11 is 0. The second-order valence-electron chi connectivity index (χ2n) is 3.61. The SMILES string of the molecule is C1=CSSS1.CCC(=O)O.CCC(CO)(CO)CO.